The fourth-order valence-corrected chi connectivity index (χ4v) is 4.60. The summed E-state index contributed by atoms with van der Waals surface area (Å²) in [5, 5.41) is 15.3. The maximum absolute atomic E-state index is 13.4. The summed E-state index contributed by atoms with van der Waals surface area (Å²) in [6.45, 7) is 4.71. The van der Waals surface area contributed by atoms with Crippen molar-refractivity contribution >= 4 is 28.2 Å². The molecule has 2 aliphatic rings. The number of anilines is 2. The summed E-state index contributed by atoms with van der Waals surface area (Å²) in [6.07, 6.45) is 1.04. The van der Waals surface area contributed by atoms with Crippen LogP contribution in [0.4, 0.5) is 11.4 Å². The Kier molecular flexibility index (Phi) is 4.30. The van der Waals surface area contributed by atoms with Gasteiger partial charge in [0.1, 0.15) is 6.61 Å². The predicted octanol–water partition coefficient (Wildman–Crippen LogP) is 2.48. The highest BCUT2D eigenvalue weighted by atomic mass is 16.6. The molecule has 0 unspecified atom stereocenters. The quantitative estimate of drug-likeness (QED) is 0.343. The molecule has 1 aromatic carbocycles. The second-order valence-electron chi connectivity index (χ2n) is 8.09. The zero-order chi connectivity index (χ0) is 21.9. The van der Waals surface area contributed by atoms with Crippen LogP contribution >= 0.6 is 0 Å². The second-order valence-corrected chi connectivity index (χ2v) is 8.09. The van der Waals surface area contributed by atoms with E-state index in [-0.39, 0.29) is 18.6 Å². The lowest BCUT2D eigenvalue weighted by Crippen LogP contribution is -2.44. The molecule has 4 N–H and O–H groups in total. The molecule has 0 bridgehead atoms. The van der Waals surface area contributed by atoms with Gasteiger partial charge in [-0.05, 0) is 31.0 Å². The maximum atomic E-state index is 13.4. The molecule has 8 nitrogen and oxygen atoms in total. The number of carbonyl (C=O) groups is 1. The number of hydrogen-bond acceptors (Lipinski definition) is 7. The number of nitrogens with two attached hydrogens (primary N) is 1. The van der Waals surface area contributed by atoms with Gasteiger partial charge in [-0.1, -0.05) is 19.9 Å². The van der Waals surface area contributed by atoms with E-state index in [2.05, 4.69) is 12.2 Å². The molecule has 2 aliphatic heterocycles. The van der Waals surface area contributed by atoms with Crippen molar-refractivity contribution in [2.24, 2.45) is 0 Å². The van der Waals surface area contributed by atoms with Crippen LogP contribution in [0.2, 0.25) is 0 Å². The predicted molar refractivity (Wildman–Crippen MR) is 118 cm³/mol. The molecule has 0 radical (unpaired) electrons. The number of aliphatic hydroxyl groups is 1. The number of benzene rings is 1. The standard InChI is InChI=1S/C23H24N4O4/c1-3-8-25-20-12-10-27-17(19(12)26-16-7-5-6-15(24)18(16)20)9-14-13(21(27)28)11-31-22(29)23(14,30)4-2/h5-7,9,30H,3-4,8,10-11,24H2,1-2H3,(H,25,26)/t23-/m0/s1. The Morgan fingerprint density at radius 2 is 2.10 bits per heavy atom. The van der Waals surface area contributed by atoms with Crippen molar-refractivity contribution in [3.05, 3.63) is 51.3 Å². The van der Waals surface area contributed by atoms with E-state index in [4.69, 9.17) is 15.5 Å². The molecule has 3 aromatic rings. The van der Waals surface area contributed by atoms with Crippen molar-refractivity contribution in [1.82, 2.24) is 9.55 Å². The Morgan fingerprint density at radius 1 is 1.29 bits per heavy atom. The molecule has 31 heavy (non-hydrogen) atoms. The molecular weight excluding hydrogens is 396 g/mol. The highest BCUT2D eigenvalue weighted by Gasteiger charge is 2.45. The lowest BCUT2D eigenvalue weighted by molar-refractivity contribution is -0.172. The number of cyclic esters (lactones) is 1. The van der Waals surface area contributed by atoms with Crippen molar-refractivity contribution in [3.63, 3.8) is 0 Å². The van der Waals surface area contributed by atoms with Gasteiger partial charge in [0.15, 0.2) is 5.60 Å². The molecular formula is C23H24N4O4. The topological polar surface area (TPSA) is 119 Å². The molecule has 5 rings (SSSR count). The fraction of sp³-hybridized carbons (Fsp3) is 0.348. The Labute approximate surface area is 178 Å². The van der Waals surface area contributed by atoms with Crippen LogP contribution < -0.4 is 16.6 Å². The number of nitrogens with zero attached hydrogens (tertiary/aromatic N) is 2. The average Bonchev–Trinajstić information content (AvgIpc) is 3.13. The van der Waals surface area contributed by atoms with Gasteiger partial charge in [0.05, 0.1) is 34.7 Å². The molecule has 1 atom stereocenters. The Morgan fingerprint density at radius 3 is 2.84 bits per heavy atom. The second kappa shape index (κ2) is 6.81. The summed E-state index contributed by atoms with van der Waals surface area (Å²) in [5.41, 5.74) is 9.15. The number of esters is 1. The number of rotatable bonds is 4. The van der Waals surface area contributed by atoms with Crippen molar-refractivity contribution < 1.29 is 14.6 Å². The zero-order valence-corrected chi connectivity index (χ0v) is 17.5. The molecule has 0 saturated heterocycles. The number of nitrogens with one attached hydrogen (secondary N) is 1. The smallest absolute Gasteiger partial charge is 0.343 e. The van der Waals surface area contributed by atoms with E-state index in [0.29, 0.717) is 34.7 Å². The monoisotopic (exact) mass is 420 g/mol. The van der Waals surface area contributed by atoms with Crippen LogP contribution in [0.3, 0.4) is 0 Å². The van der Waals surface area contributed by atoms with Gasteiger partial charge < -0.3 is 25.5 Å². The Balaban J connectivity index is 1.81. The van der Waals surface area contributed by atoms with E-state index in [1.54, 1.807) is 17.6 Å². The van der Waals surface area contributed by atoms with Gasteiger partial charge in [-0.25, -0.2) is 9.78 Å². The molecule has 2 aromatic heterocycles. The van der Waals surface area contributed by atoms with Crippen LogP contribution in [0.15, 0.2) is 29.1 Å². The molecule has 8 heteroatoms. The highest BCUT2D eigenvalue weighted by Crippen LogP contribution is 2.42. The number of fused-ring (bicyclic) bond motifs is 5. The largest absolute Gasteiger partial charge is 0.458 e. The van der Waals surface area contributed by atoms with Crippen molar-refractivity contribution in [2.45, 2.75) is 45.4 Å². The third kappa shape index (κ3) is 2.61. The van der Waals surface area contributed by atoms with E-state index in [1.165, 1.54) is 0 Å². The van der Waals surface area contributed by atoms with Gasteiger partial charge in [-0.2, -0.15) is 0 Å². The number of ether oxygens (including phenoxy) is 1. The molecule has 0 fully saturated rings. The fourth-order valence-electron chi connectivity index (χ4n) is 4.60. The van der Waals surface area contributed by atoms with Gasteiger partial charge in [0.2, 0.25) is 0 Å². The number of hydrogen-bond donors (Lipinski definition) is 3. The first-order valence-electron chi connectivity index (χ1n) is 10.5. The van der Waals surface area contributed by atoms with Crippen LogP contribution in [0.1, 0.15) is 43.4 Å². The minimum atomic E-state index is -1.84. The van der Waals surface area contributed by atoms with Crippen LogP contribution in [-0.2, 0) is 28.3 Å². The first-order chi connectivity index (χ1) is 14.9. The van der Waals surface area contributed by atoms with Crippen LogP contribution in [0, 0.1) is 0 Å². The normalized spacial score (nSPS) is 19.0. The zero-order valence-electron chi connectivity index (χ0n) is 17.5. The Hall–Kier alpha value is -3.39. The van der Waals surface area contributed by atoms with Gasteiger partial charge in [-0.3, -0.25) is 4.79 Å². The van der Waals surface area contributed by atoms with Crippen molar-refractivity contribution in [3.8, 4) is 11.4 Å². The lowest BCUT2D eigenvalue weighted by atomic mass is 9.86. The third-order valence-electron chi connectivity index (χ3n) is 6.30. The van der Waals surface area contributed by atoms with Gasteiger partial charge in [-0.15, -0.1) is 0 Å². The van der Waals surface area contributed by atoms with E-state index in [9.17, 15) is 14.7 Å². The van der Waals surface area contributed by atoms with Crippen LogP contribution in [0.25, 0.3) is 22.3 Å². The van der Waals surface area contributed by atoms with Crippen LogP contribution in [-0.4, -0.2) is 27.2 Å². The summed E-state index contributed by atoms with van der Waals surface area (Å²) in [6, 6.07) is 7.30. The third-order valence-corrected chi connectivity index (χ3v) is 6.30. The van der Waals surface area contributed by atoms with Gasteiger partial charge in [0.25, 0.3) is 5.56 Å². The van der Waals surface area contributed by atoms with E-state index < -0.39 is 11.6 Å². The molecule has 0 saturated carbocycles. The van der Waals surface area contributed by atoms with E-state index in [0.717, 1.165) is 35.1 Å². The highest BCUT2D eigenvalue weighted by molar-refractivity contribution is 6.04. The number of nitrogen functional groups attached to an aromatic ring is 1. The molecule has 160 valence electrons. The average molecular weight is 420 g/mol. The SMILES string of the molecule is CCCNc1c2c(nc3cccc(N)c13)-c1cc3c(c(=O)n1C2)COC(=O)[C@]3(O)CC. The number of aromatic nitrogens is 2. The summed E-state index contributed by atoms with van der Waals surface area (Å²) < 4.78 is 6.77. The number of carbonyl (C=O) groups excluding carboxylic acids is 1. The first kappa shape index (κ1) is 19.6. The van der Waals surface area contributed by atoms with Gasteiger partial charge in [0, 0.05) is 28.7 Å². The number of pyridine rings is 2. The summed E-state index contributed by atoms with van der Waals surface area (Å²) in [4.78, 5) is 30.5. The van der Waals surface area contributed by atoms with E-state index >= 15 is 0 Å². The van der Waals surface area contributed by atoms with E-state index in [1.807, 2.05) is 18.2 Å². The van der Waals surface area contributed by atoms with Crippen molar-refractivity contribution in [2.75, 3.05) is 17.6 Å². The molecule has 4 heterocycles. The first-order valence-corrected chi connectivity index (χ1v) is 10.5. The lowest BCUT2D eigenvalue weighted by Gasteiger charge is -2.31. The summed E-state index contributed by atoms with van der Waals surface area (Å²) >= 11 is 0. The molecule has 0 aliphatic carbocycles. The minimum absolute atomic E-state index is 0.111. The molecule has 0 amide bonds. The molecule has 0 spiro atoms. The van der Waals surface area contributed by atoms with Crippen molar-refractivity contribution in [1.29, 1.82) is 0 Å². The minimum Gasteiger partial charge on any atom is -0.458 e. The Bertz CT molecular complexity index is 1310. The van der Waals surface area contributed by atoms with Crippen LogP contribution in [0.5, 0.6) is 0 Å². The maximum Gasteiger partial charge on any atom is 0.343 e. The summed E-state index contributed by atoms with van der Waals surface area (Å²) in [7, 11) is 0. The summed E-state index contributed by atoms with van der Waals surface area (Å²) in [5.74, 6) is -0.727. The van der Waals surface area contributed by atoms with Gasteiger partial charge >= 0.3 is 5.97 Å².